The van der Waals surface area contributed by atoms with Crippen molar-refractivity contribution in [2.24, 2.45) is 0 Å². The molecule has 0 aromatic heterocycles. The van der Waals surface area contributed by atoms with Gasteiger partial charge in [-0.2, -0.15) is 0 Å². The zero-order chi connectivity index (χ0) is 17.8. The number of ether oxygens (including phenoxy) is 1. The van der Waals surface area contributed by atoms with Crippen LogP contribution in [-0.2, 0) is 4.79 Å². The molecule has 6 heteroatoms. The third-order valence-electron chi connectivity index (χ3n) is 4.46. The Balaban J connectivity index is 1.50. The molecule has 4 nitrogen and oxygen atoms in total. The summed E-state index contributed by atoms with van der Waals surface area (Å²) in [6.07, 6.45) is 1.64. The molecule has 25 heavy (non-hydrogen) atoms. The highest BCUT2D eigenvalue weighted by atomic mass is 19.1. The Morgan fingerprint density at radius 1 is 1.12 bits per heavy atom. The Bertz CT molecular complexity index is 741. The van der Waals surface area contributed by atoms with E-state index in [9.17, 15) is 18.7 Å². The van der Waals surface area contributed by atoms with Gasteiger partial charge >= 0.3 is 0 Å². The second kappa shape index (κ2) is 7.51. The van der Waals surface area contributed by atoms with Crippen LogP contribution in [0.2, 0.25) is 0 Å². The number of nitrogens with zero attached hydrogens (tertiary/aromatic N) is 1. The predicted octanol–water partition coefficient (Wildman–Crippen LogP) is 3.46. The fourth-order valence-corrected chi connectivity index (χ4v) is 3.03. The summed E-state index contributed by atoms with van der Waals surface area (Å²) in [6.45, 7) is 0.922. The summed E-state index contributed by atoms with van der Waals surface area (Å²) < 4.78 is 31.5. The number of hydrogen-bond donors (Lipinski definition) is 1. The first-order valence-electron chi connectivity index (χ1n) is 8.17. The standard InChI is InChI=1S/C19H19F2NO3/c20-15-3-6-18(17(21)11-15)25-12-19(24)22-9-7-14(8-10-22)13-1-4-16(23)5-2-13/h1-6,11,14,23H,7-10,12H2. The number of piperidine rings is 1. The lowest BCUT2D eigenvalue weighted by Gasteiger charge is -2.32. The third-order valence-corrected chi connectivity index (χ3v) is 4.46. The molecule has 0 radical (unpaired) electrons. The topological polar surface area (TPSA) is 49.8 Å². The summed E-state index contributed by atoms with van der Waals surface area (Å²) in [5, 5.41) is 9.34. The minimum Gasteiger partial charge on any atom is -0.508 e. The molecule has 0 atom stereocenters. The lowest BCUT2D eigenvalue weighted by Crippen LogP contribution is -2.40. The summed E-state index contributed by atoms with van der Waals surface area (Å²) in [5.41, 5.74) is 1.15. The number of likely N-dealkylation sites (tertiary alicyclic amines) is 1. The molecule has 2 aromatic rings. The molecule has 2 aromatic carbocycles. The van der Waals surface area contributed by atoms with Gasteiger partial charge in [0.1, 0.15) is 11.6 Å². The SMILES string of the molecule is O=C(COc1ccc(F)cc1F)N1CCC(c2ccc(O)cc2)CC1. The highest BCUT2D eigenvalue weighted by Gasteiger charge is 2.24. The van der Waals surface area contributed by atoms with E-state index in [0.29, 0.717) is 19.0 Å². The Hall–Kier alpha value is -2.63. The maximum atomic E-state index is 13.5. The third kappa shape index (κ3) is 4.26. The molecular formula is C19H19F2NO3. The first-order valence-corrected chi connectivity index (χ1v) is 8.17. The number of halogens is 2. The Morgan fingerprint density at radius 2 is 1.80 bits per heavy atom. The number of rotatable bonds is 4. The van der Waals surface area contributed by atoms with Crippen molar-refractivity contribution >= 4 is 5.91 Å². The highest BCUT2D eigenvalue weighted by molar-refractivity contribution is 5.77. The number of benzene rings is 2. The van der Waals surface area contributed by atoms with Crippen molar-refractivity contribution in [3.63, 3.8) is 0 Å². The number of hydrogen-bond acceptors (Lipinski definition) is 3. The van der Waals surface area contributed by atoms with Gasteiger partial charge in [-0.3, -0.25) is 4.79 Å². The molecule has 3 rings (SSSR count). The monoisotopic (exact) mass is 347 g/mol. The van der Waals surface area contributed by atoms with Crippen LogP contribution in [0.3, 0.4) is 0 Å². The van der Waals surface area contributed by atoms with Crippen LogP contribution in [0.5, 0.6) is 11.5 Å². The van der Waals surface area contributed by atoms with E-state index >= 15 is 0 Å². The minimum atomic E-state index is -0.821. The van der Waals surface area contributed by atoms with Crippen molar-refractivity contribution < 1.29 is 23.4 Å². The van der Waals surface area contributed by atoms with Crippen molar-refractivity contribution in [1.82, 2.24) is 4.90 Å². The molecule has 1 saturated heterocycles. The van der Waals surface area contributed by atoms with Gasteiger partial charge in [0.05, 0.1) is 0 Å². The maximum absolute atomic E-state index is 13.5. The molecule has 1 heterocycles. The number of carbonyl (C=O) groups excluding carboxylic acids is 1. The van der Waals surface area contributed by atoms with Gasteiger partial charge in [0, 0.05) is 19.2 Å². The minimum absolute atomic E-state index is 0.131. The number of amides is 1. The zero-order valence-electron chi connectivity index (χ0n) is 13.6. The highest BCUT2D eigenvalue weighted by Crippen LogP contribution is 2.29. The molecular weight excluding hydrogens is 328 g/mol. The van der Waals surface area contributed by atoms with Crippen LogP contribution in [0.1, 0.15) is 24.3 Å². The molecule has 1 aliphatic rings. The van der Waals surface area contributed by atoms with Crippen LogP contribution in [0, 0.1) is 11.6 Å². The largest absolute Gasteiger partial charge is 0.508 e. The van der Waals surface area contributed by atoms with Gasteiger partial charge in [-0.05, 0) is 48.6 Å². The van der Waals surface area contributed by atoms with E-state index in [2.05, 4.69) is 0 Å². The van der Waals surface area contributed by atoms with Crippen molar-refractivity contribution in [3.05, 3.63) is 59.7 Å². The predicted molar refractivity (Wildman–Crippen MR) is 88.5 cm³/mol. The van der Waals surface area contributed by atoms with Gasteiger partial charge in [0.25, 0.3) is 5.91 Å². The van der Waals surface area contributed by atoms with E-state index in [0.717, 1.165) is 30.5 Å². The quantitative estimate of drug-likeness (QED) is 0.922. The molecule has 1 amide bonds. The molecule has 1 N–H and O–H groups in total. The average Bonchev–Trinajstić information content (AvgIpc) is 2.61. The summed E-state index contributed by atoms with van der Waals surface area (Å²) >= 11 is 0. The van der Waals surface area contributed by atoms with E-state index < -0.39 is 11.6 Å². The lowest BCUT2D eigenvalue weighted by molar-refractivity contribution is -0.134. The normalized spacial score (nSPS) is 15.2. The summed E-state index contributed by atoms with van der Waals surface area (Å²) in [4.78, 5) is 13.9. The molecule has 1 fully saturated rings. The van der Waals surface area contributed by atoms with E-state index in [1.807, 2.05) is 12.1 Å². The van der Waals surface area contributed by atoms with Crippen LogP contribution in [0.15, 0.2) is 42.5 Å². The van der Waals surface area contributed by atoms with E-state index in [1.165, 1.54) is 6.07 Å². The lowest BCUT2D eigenvalue weighted by atomic mass is 9.89. The fraction of sp³-hybridized carbons (Fsp3) is 0.316. The average molecular weight is 347 g/mol. The van der Waals surface area contributed by atoms with Crippen molar-refractivity contribution in [2.45, 2.75) is 18.8 Å². The zero-order valence-corrected chi connectivity index (χ0v) is 13.6. The van der Waals surface area contributed by atoms with Gasteiger partial charge in [-0.25, -0.2) is 8.78 Å². The molecule has 0 unspecified atom stereocenters. The van der Waals surface area contributed by atoms with Crippen LogP contribution in [-0.4, -0.2) is 35.6 Å². The first kappa shape index (κ1) is 17.2. The van der Waals surface area contributed by atoms with Gasteiger partial charge in [-0.15, -0.1) is 0 Å². The fourth-order valence-electron chi connectivity index (χ4n) is 3.03. The Morgan fingerprint density at radius 3 is 2.44 bits per heavy atom. The second-order valence-electron chi connectivity index (χ2n) is 6.11. The van der Waals surface area contributed by atoms with Crippen molar-refractivity contribution in [2.75, 3.05) is 19.7 Å². The number of carbonyl (C=O) groups is 1. The molecule has 0 bridgehead atoms. The Labute approximate surface area is 144 Å². The van der Waals surface area contributed by atoms with Crippen LogP contribution >= 0.6 is 0 Å². The molecule has 0 saturated carbocycles. The first-order chi connectivity index (χ1) is 12.0. The number of aromatic hydroxyl groups is 1. The molecule has 1 aliphatic heterocycles. The van der Waals surface area contributed by atoms with Gasteiger partial charge in [0.2, 0.25) is 0 Å². The van der Waals surface area contributed by atoms with Crippen LogP contribution < -0.4 is 4.74 Å². The molecule has 0 spiro atoms. The van der Waals surface area contributed by atoms with E-state index in [4.69, 9.17) is 4.74 Å². The van der Waals surface area contributed by atoms with Gasteiger partial charge < -0.3 is 14.7 Å². The maximum Gasteiger partial charge on any atom is 0.260 e. The van der Waals surface area contributed by atoms with E-state index in [1.54, 1.807) is 17.0 Å². The summed E-state index contributed by atoms with van der Waals surface area (Å²) in [5.74, 6) is -1.27. The Kier molecular flexibility index (Phi) is 5.16. The summed E-state index contributed by atoms with van der Waals surface area (Å²) in [7, 11) is 0. The number of phenols is 1. The van der Waals surface area contributed by atoms with Crippen LogP contribution in [0.4, 0.5) is 8.78 Å². The second-order valence-corrected chi connectivity index (χ2v) is 6.11. The smallest absolute Gasteiger partial charge is 0.260 e. The number of phenolic OH excluding ortho intramolecular Hbond substituents is 1. The van der Waals surface area contributed by atoms with Crippen molar-refractivity contribution in [3.8, 4) is 11.5 Å². The van der Waals surface area contributed by atoms with Gasteiger partial charge in [0.15, 0.2) is 18.2 Å². The molecule has 0 aliphatic carbocycles. The van der Waals surface area contributed by atoms with Gasteiger partial charge in [-0.1, -0.05) is 12.1 Å². The van der Waals surface area contributed by atoms with Crippen molar-refractivity contribution in [1.29, 1.82) is 0 Å². The van der Waals surface area contributed by atoms with Crippen LogP contribution in [0.25, 0.3) is 0 Å². The summed E-state index contributed by atoms with van der Waals surface area (Å²) in [6, 6.07) is 10.1. The van der Waals surface area contributed by atoms with E-state index in [-0.39, 0.29) is 24.0 Å². The molecule has 132 valence electrons.